The van der Waals surface area contributed by atoms with Crippen molar-refractivity contribution in [2.45, 2.75) is 26.7 Å². The van der Waals surface area contributed by atoms with Crippen molar-refractivity contribution < 1.29 is 14.6 Å². The number of hydrogen-bond acceptors (Lipinski definition) is 3. The number of hydrogen-bond donors (Lipinski definition) is 2. The quantitative estimate of drug-likeness (QED) is 0.707. The lowest BCUT2D eigenvalue weighted by Gasteiger charge is -2.12. The highest BCUT2D eigenvalue weighted by molar-refractivity contribution is 5.69. The minimum absolute atomic E-state index is 0.358. The molecule has 4 heteroatoms. The molecule has 0 fully saturated rings. The van der Waals surface area contributed by atoms with E-state index in [9.17, 15) is 4.79 Å². The summed E-state index contributed by atoms with van der Waals surface area (Å²) in [5.74, 6) is -0.229. The van der Waals surface area contributed by atoms with Gasteiger partial charge in [0, 0.05) is 6.54 Å². The van der Waals surface area contributed by atoms with Gasteiger partial charge in [-0.1, -0.05) is 26.0 Å². The minimum Gasteiger partial charge on any atom is -0.496 e. The maximum absolute atomic E-state index is 10.7. The molecule has 0 aromatic heterocycles. The third-order valence-corrected chi connectivity index (χ3v) is 3.20. The van der Waals surface area contributed by atoms with E-state index in [1.165, 1.54) is 5.56 Å². The minimum atomic E-state index is -0.766. The number of carbonyl (C=O) groups is 1. The van der Waals surface area contributed by atoms with Crippen molar-refractivity contribution in [3.63, 3.8) is 0 Å². The maximum Gasteiger partial charge on any atom is 0.307 e. The van der Waals surface area contributed by atoms with Gasteiger partial charge in [-0.2, -0.15) is 0 Å². The molecule has 0 radical (unpaired) electrons. The zero-order chi connectivity index (χ0) is 14.3. The summed E-state index contributed by atoms with van der Waals surface area (Å²) in [6, 6.07) is 6.22. The number of methoxy groups -OCH3 is 1. The van der Waals surface area contributed by atoms with E-state index in [1.54, 1.807) is 14.0 Å². The molecule has 0 amide bonds. The molecule has 19 heavy (non-hydrogen) atoms. The Balaban J connectivity index is 2.50. The van der Waals surface area contributed by atoms with Crippen molar-refractivity contribution in [1.29, 1.82) is 0 Å². The molecule has 0 aliphatic heterocycles. The van der Waals surface area contributed by atoms with E-state index in [0.29, 0.717) is 6.54 Å². The van der Waals surface area contributed by atoms with Gasteiger partial charge >= 0.3 is 5.97 Å². The van der Waals surface area contributed by atoms with Crippen LogP contribution in [0.25, 0.3) is 0 Å². The first-order chi connectivity index (χ1) is 9.08. The fraction of sp³-hybridized carbons (Fsp3) is 0.533. The number of ether oxygens (including phenoxy) is 1. The van der Waals surface area contributed by atoms with Gasteiger partial charge in [0.25, 0.3) is 0 Å². The molecule has 1 rings (SSSR count). The highest BCUT2D eigenvalue weighted by Crippen LogP contribution is 2.20. The molecule has 1 aromatic rings. The van der Waals surface area contributed by atoms with Gasteiger partial charge in [0.15, 0.2) is 0 Å². The summed E-state index contributed by atoms with van der Waals surface area (Å²) in [7, 11) is 1.67. The summed E-state index contributed by atoms with van der Waals surface area (Å²) >= 11 is 0. The standard InChI is InChI=1S/C15H23NO3/c1-4-12-5-6-14(19-3)13(9-12)7-8-16-10-11(2)15(17)18/h5-6,9,11,16H,4,7-8,10H2,1-3H3,(H,17,18). The van der Waals surface area contributed by atoms with E-state index in [-0.39, 0.29) is 5.92 Å². The molecule has 4 nitrogen and oxygen atoms in total. The Morgan fingerprint density at radius 1 is 1.47 bits per heavy atom. The number of benzene rings is 1. The first-order valence-corrected chi connectivity index (χ1v) is 6.67. The zero-order valence-electron chi connectivity index (χ0n) is 11.9. The molecule has 1 atom stereocenters. The molecule has 2 N–H and O–H groups in total. The summed E-state index contributed by atoms with van der Waals surface area (Å²) in [5, 5.41) is 12.0. The lowest BCUT2D eigenvalue weighted by molar-refractivity contribution is -0.140. The van der Waals surface area contributed by atoms with E-state index < -0.39 is 5.97 Å². The second kappa shape index (κ2) is 7.79. The van der Waals surface area contributed by atoms with Crippen LogP contribution in [0.1, 0.15) is 25.0 Å². The fourth-order valence-corrected chi connectivity index (χ4v) is 1.88. The third kappa shape index (κ3) is 4.91. The monoisotopic (exact) mass is 265 g/mol. The van der Waals surface area contributed by atoms with Crippen LogP contribution in [-0.2, 0) is 17.6 Å². The molecule has 0 bridgehead atoms. The number of aliphatic carboxylic acids is 1. The summed E-state index contributed by atoms with van der Waals surface area (Å²) < 4.78 is 5.34. The van der Waals surface area contributed by atoms with Crippen LogP contribution in [0.5, 0.6) is 5.75 Å². The van der Waals surface area contributed by atoms with Crippen molar-refractivity contribution >= 4 is 5.97 Å². The number of carboxylic acids is 1. The molecule has 0 saturated heterocycles. The van der Waals surface area contributed by atoms with Crippen molar-refractivity contribution in [3.8, 4) is 5.75 Å². The maximum atomic E-state index is 10.7. The van der Waals surface area contributed by atoms with Crippen LogP contribution in [0.4, 0.5) is 0 Å². The van der Waals surface area contributed by atoms with Crippen molar-refractivity contribution in [2.75, 3.05) is 20.2 Å². The average molecular weight is 265 g/mol. The summed E-state index contributed by atoms with van der Waals surface area (Å²) in [4.78, 5) is 10.7. The van der Waals surface area contributed by atoms with Crippen LogP contribution in [0.15, 0.2) is 18.2 Å². The van der Waals surface area contributed by atoms with Crippen LogP contribution >= 0.6 is 0 Å². The topological polar surface area (TPSA) is 58.6 Å². The highest BCUT2D eigenvalue weighted by atomic mass is 16.5. The Kier molecular flexibility index (Phi) is 6.36. The highest BCUT2D eigenvalue weighted by Gasteiger charge is 2.10. The Morgan fingerprint density at radius 2 is 2.21 bits per heavy atom. The lowest BCUT2D eigenvalue weighted by atomic mass is 10.0. The predicted octanol–water partition coefficient (Wildman–Crippen LogP) is 2.11. The van der Waals surface area contributed by atoms with Crippen LogP contribution < -0.4 is 10.1 Å². The van der Waals surface area contributed by atoms with Gasteiger partial charge in [0.2, 0.25) is 0 Å². The first kappa shape index (κ1) is 15.5. The largest absolute Gasteiger partial charge is 0.496 e. The molecule has 1 unspecified atom stereocenters. The van der Waals surface area contributed by atoms with E-state index in [4.69, 9.17) is 9.84 Å². The van der Waals surface area contributed by atoms with E-state index in [0.717, 1.165) is 30.7 Å². The number of carboxylic acid groups (broad SMARTS) is 1. The van der Waals surface area contributed by atoms with Gasteiger partial charge in [0.1, 0.15) is 5.75 Å². The van der Waals surface area contributed by atoms with Gasteiger partial charge in [-0.05, 0) is 36.6 Å². The molecule has 0 saturated carbocycles. The molecule has 1 aromatic carbocycles. The van der Waals surface area contributed by atoms with Crippen LogP contribution in [0, 0.1) is 5.92 Å². The Morgan fingerprint density at radius 3 is 2.79 bits per heavy atom. The lowest BCUT2D eigenvalue weighted by Crippen LogP contribution is -2.27. The molecule has 0 aliphatic carbocycles. The molecule has 0 spiro atoms. The van der Waals surface area contributed by atoms with Gasteiger partial charge < -0.3 is 15.2 Å². The smallest absolute Gasteiger partial charge is 0.307 e. The molecule has 0 heterocycles. The second-order valence-corrected chi connectivity index (χ2v) is 4.69. The summed E-state index contributed by atoms with van der Waals surface area (Å²) in [6.07, 6.45) is 1.84. The molecular formula is C15H23NO3. The molecule has 0 aliphatic rings. The fourth-order valence-electron chi connectivity index (χ4n) is 1.88. The third-order valence-electron chi connectivity index (χ3n) is 3.20. The zero-order valence-corrected chi connectivity index (χ0v) is 11.9. The first-order valence-electron chi connectivity index (χ1n) is 6.67. The SMILES string of the molecule is CCc1ccc(OC)c(CCNCC(C)C(=O)O)c1. The number of nitrogens with one attached hydrogen (secondary N) is 1. The Bertz CT molecular complexity index is 418. The van der Waals surface area contributed by atoms with Crippen LogP contribution in [-0.4, -0.2) is 31.3 Å². The van der Waals surface area contributed by atoms with E-state index in [1.807, 2.05) is 6.07 Å². The summed E-state index contributed by atoms with van der Waals surface area (Å²) in [6.45, 7) is 5.07. The van der Waals surface area contributed by atoms with Gasteiger partial charge in [-0.25, -0.2) is 0 Å². The summed E-state index contributed by atoms with van der Waals surface area (Å²) in [5.41, 5.74) is 2.45. The van der Waals surface area contributed by atoms with Crippen LogP contribution in [0.3, 0.4) is 0 Å². The van der Waals surface area contributed by atoms with E-state index >= 15 is 0 Å². The second-order valence-electron chi connectivity index (χ2n) is 4.69. The van der Waals surface area contributed by atoms with Crippen molar-refractivity contribution in [1.82, 2.24) is 5.32 Å². The van der Waals surface area contributed by atoms with Gasteiger partial charge in [0.05, 0.1) is 13.0 Å². The average Bonchev–Trinajstić information content (AvgIpc) is 2.42. The van der Waals surface area contributed by atoms with Crippen molar-refractivity contribution in [3.05, 3.63) is 29.3 Å². The van der Waals surface area contributed by atoms with Gasteiger partial charge in [-0.3, -0.25) is 4.79 Å². The molecular weight excluding hydrogens is 242 g/mol. The number of aryl methyl sites for hydroxylation is 1. The normalized spacial score (nSPS) is 12.2. The van der Waals surface area contributed by atoms with Crippen molar-refractivity contribution in [2.24, 2.45) is 5.92 Å². The van der Waals surface area contributed by atoms with Gasteiger partial charge in [-0.15, -0.1) is 0 Å². The van der Waals surface area contributed by atoms with Crippen LogP contribution in [0.2, 0.25) is 0 Å². The molecule has 106 valence electrons. The number of rotatable bonds is 8. The predicted molar refractivity (Wildman–Crippen MR) is 75.7 cm³/mol. The Hall–Kier alpha value is -1.55. The Labute approximate surface area is 114 Å². The van der Waals surface area contributed by atoms with E-state index in [2.05, 4.69) is 24.4 Å².